The highest BCUT2D eigenvalue weighted by Crippen LogP contribution is 2.68. The van der Waals surface area contributed by atoms with E-state index in [0.29, 0.717) is 35.3 Å². The van der Waals surface area contributed by atoms with Gasteiger partial charge in [-0.3, -0.25) is 9.59 Å². The van der Waals surface area contributed by atoms with Gasteiger partial charge in [0, 0.05) is 32.1 Å². The molecule has 4 aliphatic carbocycles. The first-order valence-corrected chi connectivity index (χ1v) is 17.4. The van der Waals surface area contributed by atoms with Gasteiger partial charge in [0.1, 0.15) is 12.1 Å². The fourth-order valence-electron chi connectivity index (χ4n) is 12.3. The lowest BCUT2D eigenvalue weighted by molar-refractivity contribution is -0.943. The second kappa shape index (κ2) is 10.8. The minimum Gasteiger partial charge on any atom is -0.456 e. The lowest BCUT2D eigenvalue weighted by Gasteiger charge is -2.63. The van der Waals surface area contributed by atoms with Gasteiger partial charge in [-0.15, -0.1) is 0 Å². The van der Waals surface area contributed by atoms with Crippen LogP contribution in [0, 0.1) is 34.5 Å². The predicted octanol–water partition coefficient (Wildman–Crippen LogP) is 6.11. The number of fused-ring (bicyclic) bond motifs is 5. The standard InChI is InChI=1S/C35H60N2O4/c1-24(38)40-32-21-26-13-14-27-28(35(26,4)23-31(32)37(6)19-11-8-12-20-37)15-16-34(3)29(27)22-30(33(34)41-25(2)39)36(5)17-9-7-10-18-36/h26-33H,7-23H2,1-6H3/q+2/t26-,27+,28-,29-,30+,31+,32-,33+,34+,35-/m0/s1. The smallest absolute Gasteiger partial charge is 0.303 e. The molecule has 10 atom stereocenters. The zero-order chi connectivity index (χ0) is 29.2. The molecule has 6 nitrogen and oxygen atoms in total. The number of esters is 2. The molecule has 6 rings (SSSR count). The van der Waals surface area contributed by atoms with Crippen molar-refractivity contribution >= 4 is 11.9 Å². The van der Waals surface area contributed by atoms with Gasteiger partial charge in [0.15, 0.2) is 12.2 Å². The van der Waals surface area contributed by atoms with Gasteiger partial charge < -0.3 is 18.4 Å². The van der Waals surface area contributed by atoms with Crippen molar-refractivity contribution in [2.24, 2.45) is 34.5 Å². The van der Waals surface area contributed by atoms with Crippen molar-refractivity contribution in [2.75, 3.05) is 40.3 Å². The molecule has 0 spiro atoms. The Morgan fingerprint density at radius 2 is 1.27 bits per heavy atom. The number of hydrogen-bond acceptors (Lipinski definition) is 4. The van der Waals surface area contributed by atoms with Crippen LogP contribution in [0.25, 0.3) is 0 Å². The van der Waals surface area contributed by atoms with Crippen molar-refractivity contribution in [1.29, 1.82) is 0 Å². The van der Waals surface area contributed by atoms with Crippen LogP contribution in [-0.2, 0) is 19.1 Å². The predicted molar refractivity (Wildman–Crippen MR) is 161 cm³/mol. The molecule has 0 aromatic rings. The zero-order valence-corrected chi connectivity index (χ0v) is 27.2. The highest BCUT2D eigenvalue weighted by atomic mass is 16.5. The number of hydrogen-bond donors (Lipinski definition) is 0. The first-order valence-electron chi connectivity index (χ1n) is 17.4. The van der Waals surface area contributed by atoms with E-state index in [-0.39, 0.29) is 29.6 Å². The minimum absolute atomic E-state index is 0.0462. The van der Waals surface area contributed by atoms with E-state index >= 15 is 0 Å². The van der Waals surface area contributed by atoms with Crippen LogP contribution in [0.5, 0.6) is 0 Å². The van der Waals surface area contributed by atoms with Gasteiger partial charge in [0.25, 0.3) is 0 Å². The summed E-state index contributed by atoms with van der Waals surface area (Å²) < 4.78 is 14.7. The van der Waals surface area contributed by atoms with Gasteiger partial charge in [0.05, 0.1) is 40.3 Å². The van der Waals surface area contributed by atoms with Crippen LogP contribution in [0.4, 0.5) is 0 Å². The first kappa shape index (κ1) is 29.9. The molecular formula is C35H60N2O4+2. The molecule has 0 N–H and O–H groups in total. The highest BCUT2D eigenvalue weighted by Gasteiger charge is 2.68. The fraction of sp³-hybridized carbons (Fsp3) is 0.943. The highest BCUT2D eigenvalue weighted by molar-refractivity contribution is 5.66. The Hall–Kier alpha value is -1.14. The topological polar surface area (TPSA) is 52.6 Å². The van der Waals surface area contributed by atoms with Crippen LogP contribution in [0.1, 0.15) is 111 Å². The molecule has 6 aliphatic rings. The largest absolute Gasteiger partial charge is 0.456 e. The number of nitrogens with zero attached hydrogens (tertiary/aromatic N) is 2. The van der Waals surface area contributed by atoms with E-state index in [9.17, 15) is 9.59 Å². The van der Waals surface area contributed by atoms with Crippen molar-refractivity contribution < 1.29 is 28.0 Å². The fourth-order valence-corrected chi connectivity index (χ4v) is 12.3. The molecule has 6 fully saturated rings. The summed E-state index contributed by atoms with van der Waals surface area (Å²) in [4.78, 5) is 24.8. The van der Waals surface area contributed by atoms with Crippen LogP contribution in [0.15, 0.2) is 0 Å². The summed E-state index contributed by atoms with van der Waals surface area (Å²) >= 11 is 0. The minimum atomic E-state index is -0.0998. The number of likely N-dealkylation sites (N-methyl/N-ethyl adjacent to an activating group) is 2. The van der Waals surface area contributed by atoms with Crippen molar-refractivity contribution in [3.8, 4) is 0 Å². The number of rotatable bonds is 4. The summed E-state index contributed by atoms with van der Waals surface area (Å²) in [5.74, 6) is 2.52. The van der Waals surface area contributed by atoms with E-state index < -0.39 is 0 Å². The van der Waals surface area contributed by atoms with Gasteiger partial charge in [0.2, 0.25) is 0 Å². The van der Waals surface area contributed by atoms with Gasteiger partial charge in [-0.1, -0.05) is 13.8 Å². The number of carbonyl (C=O) groups is 2. The average Bonchev–Trinajstić information content (AvgIpc) is 3.21. The summed E-state index contributed by atoms with van der Waals surface area (Å²) in [6, 6.07) is 0.846. The number of quaternary nitrogens is 2. The van der Waals surface area contributed by atoms with Crippen molar-refractivity contribution in [3.05, 3.63) is 0 Å². The lowest BCUT2D eigenvalue weighted by Crippen LogP contribution is -2.66. The molecule has 4 saturated carbocycles. The molecule has 0 aromatic carbocycles. The molecule has 0 bridgehead atoms. The SMILES string of the molecule is CC(=O)O[C@H]1C[C@@H]2CC[C@@H]3[C@H](CC[C@@]4(C)[C@H](OC(C)=O)[C@H]([N+]5(C)CCCCC5)C[C@@H]34)[C@@]2(C)C[C@H]1[N+]1(C)CCCCC1. The monoisotopic (exact) mass is 572 g/mol. The molecule has 6 heteroatoms. The number of ether oxygens (including phenoxy) is 2. The number of carbonyl (C=O) groups excluding carboxylic acids is 2. The van der Waals surface area contributed by atoms with Crippen molar-refractivity contribution in [3.63, 3.8) is 0 Å². The second-order valence-electron chi connectivity index (χ2n) is 16.7. The molecule has 2 saturated heterocycles. The molecule has 2 heterocycles. The molecule has 0 aromatic heterocycles. The molecular weight excluding hydrogens is 512 g/mol. The molecule has 2 aliphatic heterocycles. The van der Waals surface area contributed by atoms with Crippen molar-refractivity contribution in [1.82, 2.24) is 0 Å². The van der Waals surface area contributed by atoms with E-state index in [1.807, 2.05) is 0 Å². The quantitative estimate of drug-likeness (QED) is 0.301. The molecule has 41 heavy (non-hydrogen) atoms. The summed E-state index contributed by atoms with van der Waals surface area (Å²) in [5.41, 5.74) is 0.377. The Labute approximate surface area is 250 Å². The Bertz CT molecular complexity index is 1000. The lowest BCUT2D eigenvalue weighted by atomic mass is 9.44. The summed E-state index contributed by atoms with van der Waals surface area (Å²) in [6.45, 7) is 13.3. The number of piperidine rings is 2. The molecule has 0 radical (unpaired) electrons. The normalized spacial score (nSPS) is 46.9. The Morgan fingerprint density at radius 1 is 0.683 bits per heavy atom. The summed E-state index contributed by atoms with van der Waals surface area (Å²) in [6.07, 6.45) is 16.4. The maximum absolute atomic E-state index is 12.5. The van der Waals surface area contributed by atoms with Gasteiger partial charge in [-0.2, -0.15) is 0 Å². The maximum Gasteiger partial charge on any atom is 0.303 e. The molecule has 0 amide bonds. The van der Waals surface area contributed by atoms with Crippen LogP contribution >= 0.6 is 0 Å². The third-order valence-electron chi connectivity index (χ3n) is 14.5. The van der Waals surface area contributed by atoms with Crippen LogP contribution in [0.3, 0.4) is 0 Å². The Kier molecular flexibility index (Phi) is 7.87. The Balaban J connectivity index is 1.31. The second-order valence-corrected chi connectivity index (χ2v) is 16.7. The van der Waals surface area contributed by atoms with E-state index in [1.54, 1.807) is 13.8 Å². The van der Waals surface area contributed by atoms with E-state index in [2.05, 4.69) is 27.9 Å². The summed E-state index contributed by atoms with van der Waals surface area (Å²) in [5, 5.41) is 0. The van der Waals surface area contributed by atoms with E-state index in [1.165, 1.54) is 103 Å². The van der Waals surface area contributed by atoms with Gasteiger partial charge in [-0.25, -0.2) is 0 Å². The van der Waals surface area contributed by atoms with Gasteiger partial charge in [-0.05, 0) is 99.7 Å². The average molecular weight is 573 g/mol. The van der Waals surface area contributed by atoms with Crippen LogP contribution < -0.4 is 0 Å². The number of likely N-dealkylation sites (tertiary alicyclic amines) is 2. The first-order chi connectivity index (χ1) is 19.4. The zero-order valence-electron chi connectivity index (χ0n) is 27.2. The van der Waals surface area contributed by atoms with Crippen LogP contribution in [-0.4, -0.2) is 85.5 Å². The van der Waals surface area contributed by atoms with Crippen LogP contribution in [0.2, 0.25) is 0 Å². The molecule has 232 valence electrons. The van der Waals surface area contributed by atoms with Crippen molar-refractivity contribution in [2.45, 2.75) is 135 Å². The van der Waals surface area contributed by atoms with E-state index in [0.717, 1.165) is 21.3 Å². The summed E-state index contributed by atoms with van der Waals surface area (Å²) in [7, 11) is 4.94. The van der Waals surface area contributed by atoms with E-state index in [4.69, 9.17) is 9.47 Å². The third-order valence-corrected chi connectivity index (χ3v) is 14.5. The van der Waals surface area contributed by atoms with Gasteiger partial charge >= 0.3 is 11.9 Å². The maximum atomic E-state index is 12.5. The molecule has 0 unspecified atom stereocenters. The Morgan fingerprint density at radius 3 is 1.85 bits per heavy atom. The third kappa shape index (κ3) is 4.99.